The van der Waals surface area contributed by atoms with E-state index in [1.807, 2.05) is 12.1 Å². The van der Waals surface area contributed by atoms with E-state index in [9.17, 15) is 4.79 Å². The zero-order chi connectivity index (χ0) is 19.3. The molecule has 0 bridgehead atoms. The van der Waals surface area contributed by atoms with Crippen molar-refractivity contribution in [1.29, 1.82) is 0 Å². The number of hydrogen-bond acceptors (Lipinski definition) is 5. The zero-order valence-electron chi connectivity index (χ0n) is 17.3. The zero-order valence-corrected chi connectivity index (χ0v) is 17.3. The number of nitrogens with one attached hydrogen (secondary N) is 1. The van der Waals surface area contributed by atoms with Crippen LogP contribution in [0.3, 0.4) is 0 Å². The lowest BCUT2D eigenvalue weighted by molar-refractivity contribution is -0.117. The average molecular weight is 386 g/mol. The van der Waals surface area contributed by atoms with Gasteiger partial charge in [0.15, 0.2) is 0 Å². The average Bonchev–Trinajstić information content (AvgIpc) is 2.82. The highest BCUT2D eigenvalue weighted by atomic mass is 16.2. The molecule has 1 aliphatic carbocycles. The summed E-state index contributed by atoms with van der Waals surface area (Å²) in [4.78, 5) is 24.4. The lowest BCUT2D eigenvalue weighted by atomic mass is 9.91. The normalized spacial score (nSPS) is 25.2. The molecule has 6 heteroatoms. The van der Waals surface area contributed by atoms with Crippen molar-refractivity contribution in [3.05, 3.63) is 18.3 Å². The largest absolute Gasteiger partial charge is 0.357 e. The predicted molar refractivity (Wildman–Crippen MR) is 114 cm³/mol. The molecule has 1 saturated carbocycles. The van der Waals surface area contributed by atoms with Crippen LogP contribution in [0.2, 0.25) is 0 Å². The van der Waals surface area contributed by atoms with Crippen LogP contribution in [-0.2, 0) is 4.79 Å². The molecular weight excluding hydrogens is 350 g/mol. The van der Waals surface area contributed by atoms with Crippen molar-refractivity contribution in [2.24, 2.45) is 5.92 Å². The Hall–Kier alpha value is -1.66. The number of nitrogens with zero attached hydrogens (tertiary/aromatic N) is 4. The maximum Gasteiger partial charge on any atom is 0.238 e. The van der Waals surface area contributed by atoms with Gasteiger partial charge in [0.05, 0.1) is 18.4 Å². The molecule has 1 unspecified atom stereocenters. The predicted octanol–water partition coefficient (Wildman–Crippen LogP) is 2.82. The van der Waals surface area contributed by atoms with E-state index in [1.54, 1.807) is 6.20 Å². The lowest BCUT2D eigenvalue weighted by Gasteiger charge is -2.37. The van der Waals surface area contributed by atoms with Gasteiger partial charge in [0.2, 0.25) is 5.91 Å². The molecule has 1 aromatic heterocycles. The summed E-state index contributed by atoms with van der Waals surface area (Å²) in [7, 11) is 0. The smallest absolute Gasteiger partial charge is 0.238 e. The third kappa shape index (κ3) is 5.03. The van der Waals surface area contributed by atoms with Crippen LogP contribution in [0.5, 0.6) is 0 Å². The van der Waals surface area contributed by atoms with E-state index in [4.69, 9.17) is 0 Å². The first-order chi connectivity index (χ1) is 13.7. The second-order valence-corrected chi connectivity index (χ2v) is 8.92. The second kappa shape index (κ2) is 9.23. The van der Waals surface area contributed by atoms with Crippen LogP contribution in [0, 0.1) is 5.92 Å². The van der Waals surface area contributed by atoms with Crippen molar-refractivity contribution in [2.45, 2.75) is 51.5 Å². The summed E-state index contributed by atoms with van der Waals surface area (Å²) in [5.41, 5.74) is 0.796. The molecule has 1 aromatic rings. The Kier molecular flexibility index (Phi) is 6.47. The molecule has 6 nitrogen and oxygen atoms in total. The van der Waals surface area contributed by atoms with Crippen LogP contribution >= 0.6 is 0 Å². The number of amides is 1. The maximum atomic E-state index is 12.6. The molecule has 0 radical (unpaired) electrons. The molecule has 2 aliphatic heterocycles. The maximum absolute atomic E-state index is 12.6. The molecule has 3 heterocycles. The monoisotopic (exact) mass is 385 g/mol. The van der Waals surface area contributed by atoms with Crippen molar-refractivity contribution in [2.75, 3.05) is 56.0 Å². The van der Waals surface area contributed by atoms with Crippen LogP contribution in [0.4, 0.5) is 11.5 Å². The van der Waals surface area contributed by atoms with Gasteiger partial charge in [0.25, 0.3) is 0 Å². The fourth-order valence-corrected chi connectivity index (χ4v) is 4.75. The van der Waals surface area contributed by atoms with E-state index in [2.05, 4.69) is 31.9 Å². The minimum atomic E-state index is 0.0665. The van der Waals surface area contributed by atoms with Crippen LogP contribution in [0.1, 0.15) is 45.4 Å². The summed E-state index contributed by atoms with van der Waals surface area (Å²) in [6.07, 6.45) is 9.69. The lowest BCUT2D eigenvalue weighted by Crippen LogP contribution is -2.43. The van der Waals surface area contributed by atoms with Gasteiger partial charge in [0.1, 0.15) is 5.82 Å². The van der Waals surface area contributed by atoms with E-state index in [0.717, 1.165) is 50.3 Å². The minimum absolute atomic E-state index is 0.0665. The SMILES string of the molecule is CC1CN(CC(=O)Nc2ccc(N3CCCCC3)nc2)CCN(C2CCC2)C1. The summed E-state index contributed by atoms with van der Waals surface area (Å²) >= 11 is 0. The fourth-order valence-electron chi connectivity index (χ4n) is 4.75. The molecule has 2 saturated heterocycles. The van der Waals surface area contributed by atoms with Gasteiger partial charge in [-0.2, -0.15) is 0 Å². The van der Waals surface area contributed by atoms with Gasteiger partial charge in [-0.25, -0.2) is 4.98 Å². The Bertz CT molecular complexity index is 639. The van der Waals surface area contributed by atoms with Crippen molar-refractivity contribution in [1.82, 2.24) is 14.8 Å². The highest BCUT2D eigenvalue weighted by Gasteiger charge is 2.29. The van der Waals surface area contributed by atoms with Crippen LogP contribution in [-0.4, -0.2) is 72.5 Å². The summed E-state index contributed by atoms with van der Waals surface area (Å²) in [5.74, 6) is 1.70. The summed E-state index contributed by atoms with van der Waals surface area (Å²) in [5, 5.41) is 3.04. The molecule has 154 valence electrons. The Morgan fingerprint density at radius 2 is 1.89 bits per heavy atom. The van der Waals surface area contributed by atoms with Crippen LogP contribution in [0.15, 0.2) is 18.3 Å². The van der Waals surface area contributed by atoms with E-state index in [0.29, 0.717) is 12.5 Å². The Morgan fingerprint density at radius 1 is 1.07 bits per heavy atom. The van der Waals surface area contributed by atoms with Gasteiger partial charge in [-0.1, -0.05) is 13.3 Å². The first-order valence-corrected chi connectivity index (χ1v) is 11.1. The van der Waals surface area contributed by atoms with E-state index in [1.165, 1.54) is 45.1 Å². The Balaban J connectivity index is 1.26. The Labute approximate surface area is 169 Å². The van der Waals surface area contributed by atoms with Gasteiger partial charge in [0, 0.05) is 45.3 Å². The van der Waals surface area contributed by atoms with Crippen molar-refractivity contribution in [3.63, 3.8) is 0 Å². The van der Waals surface area contributed by atoms with Crippen molar-refractivity contribution < 1.29 is 4.79 Å². The molecule has 1 amide bonds. The van der Waals surface area contributed by atoms with Gasteiger partial charge in [-0.05, 0) is 50.2 Å². The van der Waals surface area contributed by atoms with Crippen LogP contribution in [0.25, 0.3) is 0 Å². The number of aromatic nitrogens is 1. The molecule has 1 N–H and O–H groups in total. The molecule has 3 aliphatic rings. The number of rotatable bonds is 5. The van der Waals surface area contributed by atoms with Gasteiger partial charge >= 0.3 is 0 Å². The molecule has 0 spiro atoms. The highest BCUT2D eigenvalue weighted by molar-refractivity contribution is 5.92. The summed E-state index contributed by atoms with van der Waals surface area (Å²) < 4.78 is 0. The van der Waals surface area contributed by atoms with E-state index < -0.39 is 0 Å². The molecule has 28 heavy (non-hydrogen) atoms. The van der Waals surface area contributed by atoms with Gasteiger partial charge < -0.3 is 10.2 Å². The molecule has 4 rings (SSSR count). The van der Waals surface area contributed by atoms with Crippen molar-refractivity contribution >= 4 is 17.4 Å². The Morgan fingerprint density at radius 3 is 2.57 bits per heavy atom. The topological polar surface area (TPSA) is 51.7 Å². The second-order valence-electron chi connectivity index (χ2n) is 8.92. The fraction of sp³-hybridized carbons (Fsp3) is 0.727. The van der Waals surface area contributed by atoms with Gasteiger partial charge in [-0.15, -0.1) is 0 Å². The third-order valence-corrected chi connectivity index (χ3v) is 6.49. The molecule has 0 aromatic carbocycles. The molecular formula is C22H35N5O. The first kappa shape index (κ1) is 19.6. The van der Waals surface area contributed by atoms with Crippen LogP contribution < -0.4 is 10.2 Å². The molecule has 1 atom stereocenters. The summed E-state index contributed by atoms with van der Waals surface area (Å²) in [6, 6.07) is 4.81. The number of hydrogen-bond donors (Lipinski definition) is 1. The number of carbonyl (C=O) groups is 1. The van der Waals surface area contributed by atoms with E-state index in [-0.39, 0.29) is 5.91 Å². The first-order valence-electron chi connectivity index (χ1n) is 11.1. The number of pyridine rings is 1. The van der Waals surface area contributed by atoms with Crippen molar-refractivity contribution in [3.8, 4) is 0 Å². The number of anilines is 2. The third-order valence-electron chi connectivity index (χ3n) is 6.49. The van der Waals surface area contributed by atoms with E-state index >= 15 is 0 Å². The summed E-state index contributed by atoms with van der Waals surface area (Å²) in [6.45, 7) is 9.21. The molecule has 3 fully saturated rings. The number of piperidine rings is 1. The highest BCUT2D eigenvalue weighted by Crippen LogP contribution is 2.26. The quantitative estimate of drug-likeness (QED) is 0.845. The van der Waals surface area contributed by atoms with Gasteiger partial charge in [-0.3, -0.25) is 14.6 Å². The minimum Gasteiger partial charge on any atom is -0.357 e. The standard InChI is InChI=1S/C22H35N5O/c1-18-15-25(12-13-27(16-18)20-6-5-7-20)17-22(28)24-19-8-9-21(23-14-19)26-10-3-2-4-11-26/h8-9,14,18,20H,2-7,10-13,15-17H2,1H3,(H,24,28). The number of carbonyl (C=O) groups excluding carboxylic acids is 1.